The van der Waals surface area contributed by atoms with E-state index in [1.165, 1.54) is 17.9 Å². The van der Waals surface area contributed by atoms with E-state index in [0.717, 1.165) is 13.2 Å². The average Bonchev–Trinajstić information content (AvgIpc) is 2.17. The first-order valence-electron chi connectivity index (χ1n) is 3.61. The van der Waals surface area contributed by atoms with Crippen molar-refractivity contribution < 1.29 is 9.64 Å². The molecule has 1 heterocycles. The Morgan fingerprint density at radius 1 is 1.78 bits per heavy atom. The Bertz CT molecular complexity index is 83.0. The van der Waals surface area contributed by atoms with Crippen LogP contribution in [0, 0.1) is 7.05 Å². The van der Waals surface area contributed by atoms with Crippen molar-refractivity contribution in [2.75, 3.05) is 19.7 Å². The molecule has 0 aliphatic carbocycles. The number of quaternary nitrogens is 1. The van der Waals surface area contributed by atoms with Gasteiger partial charge in [0.15, 0.2) is 0 Å². The number of ether oxygens (including phenoxy) is 1. The molecule has 1 N–H and O–H groups in total. The number of likely N-dealkylation sites (tertiary alicyclic amines) is 1. The maximum Gasteiger partial charge on any atom is 0.109 e. The second-order valence-electron chi connectivity index (χ2n) is 2.57. The van der Waals surface area contributed by atoms with Crippen LogP contribution in [0.25, 0.3) is 0 Å². The highest BCUT2D eigenvalue weighted by atomic mass is 16.5. The van der Waals surface area contributed by atoms with Gasteiger partial charge in [-0.25, -0.2) is 0 Å². The Labute approximate surface area is 56.8 Å². The van der Waals surface area contributed by atoms with E-state index in [0.29, 0.717) is 6.10 Å². The van der Waals surface area contributed by atoms with Crippen LogP contribution in [0.1, 0.15) is 13.3 Å². The first kappa shape index (κ1) is 7.03. The summed E-state index contributed by atoms with van der Waals surface area (Å²) < 4.78 is 5.41. The van der Waals surface area contributed by atoms with Crippen molar-refractivity contribution in [1.29, 1.82) is 0 Å². The maximum absolute atomic E-state index is 5.41. The number of nitrogens with one attached hydrogen (secondary N) is 1. The van der Waals surface area contributed by atoms with E-state index in [-0.39, 0.29) is 0 Å². The molecule has 0 spiro atoms. The van der Waals surface area contributed by atoms with E-state index < -0.39 is 0 Å². The Morgan fingerprint density at radius 3 is 3.00 bits per heavy atom. The highest BCUT2D eigenvalue weighted by Crippen LogP contribution is 1.97. The van der Waals surface area contributed by atoms with E-state index in [4.69, 9.17) is 4.74 Å². The fourth-order valence-electron chi connectivity index (χ4n) is 1.27. The van der Waals surface area contributed by atoms with Crippen LogP contribution >= 0.6 is 0 Å². The molecule has 2 heteroatoms. The van der Waals surface area contributed by atoms with Gasteiger partial charge in [0.2, 0.25) is 0 Å². The molecule has 0 bridgehead atoms. The lowest BCUT2D eigenvalue weighted by atomic mass is 10.3. The van der Waals surface area contributed by atoms with Crippen LogP contribution in [0.15, 0.2) is 0 Å². The van der Waals surface area contributed by atoms with Gasteiger partial charge in [0, 0.05) is 13.0 Å². The molecular formula is C7H15NO. The van der Waals surface area contributed by atoms with Crippen molar-refractivity contribution >= 4 is 0 Å². The molecule has 9 heavy (non-hydrogen) atoms. The predicted octanol–water partition coefficient (Wildman–Crippen LogP) is -0.528. The zero-order valence-electron chi connectivity index (χ0n) is 6.02. The molecule has 1 unspecified atom stereocenters. The SMILES string of the molecule is [CH2-][NH+]1CC[C@H](OCC)C1. The molecule has 1 rings (SSSR count). The van der Waals surface area contributed by atoms with Crippen molar-refractivity contribution in [3.05, 3.63) is 7.05 Å². The van der Waals surface area contributed by atoms with Gasteiger partial charge < -0.3 is 9.64 Å². The van der Waals surface area contributed by atoms with Crippen LogP contribution in [0.5, 0.6) is 0 Å². The third-order valence-corrected chi connectivity index (χ3v) is 1.74. The van der Waals surface area contributed by atoms with Gasteiger partial charge in [0.05, 0.1) is 13.1 Å². The van der Waals surface area contributed by atoms with Crippen LogP contribution in [0.2, 0.25) is 0 Å². The minimum atomic E-state index is 0.488. The van der Waals surface area contributed by atoms with Gasteiger partial charge in [0.25, 0.3) is 0 Å². The number of rotatable bonds is 2. The molecule has 0 aromatic heterocycles. The second-order valence-corrected chi connectivity index (χ2v) is 2.57. The standard InChI is InChI=1S/C7H15NO/c1-3-9-7-4-5-8(2)6-7/h7-8H,2-6H2,1H3/t7-/m0/s1. The molecule has 2 atom stereocenters. The Kier molecular flexibility index (Phi) is 2.49. The summed E-state index contributed by atoms with van der Waals surface area (Å²) >= 11 is 0. The van der Waals surface area contributed by atoms with Gasteiger partial charge in [0.1, 0.15) is 6.10 Å². The van der Waals surface area contributed by atoms with E-state index in [1.807, 2.05) is 6.92 Å². The van der Waals surface area contributed by atoms with E-state index in [9.17, 15) is 0 Å². The summed E-state index contributed by atoms with van der Waals surface area (Å²) in [5.41, 5.74) is 0. The van der Waals surface area contributed by atoms with Crippen molar-refractivity contribution in [1.82, 2.24) is 0 Å². The molecule has 0 radical (unpaired) electrons. The van der Waals surface area contributed by atoms with Crippen molar-refractivity contribution in [2.24, 2.45) is 0 Å². The summed E-state index contributed by atoms with van der Waals surface area (Å²) in [6.45, 7) is 5.15. The largest absolute Gasteiger partial charge is 0.466 e. The van der Waals surface area contributed by atoms with Crippen LogP contribution < -0.4 is 4.90 Å². The fourth-order valence-corrected chi connectivity index (χ4v) is 1.27. The zero-order valence-corrected chi connectivity index (χ0v) is 6.02. The summed E-state index contributed by atoms with van der Waals surface area (Å²) in [6, 6.07) is 0. The predicted molar refractivity (Wildman–Crippen MR) is 36.1 cm³/mol. The molecular weight excluding hydrogens is 114 g/mol. The summed E-state index contributed by atoms with van der Waals surface area (Å²) in [6.07, 6.45) is 1.68. The van der Waals surface area contributed by atoms with E-state index in [2.05, 4.69) is 7.05 Å². The fraction of sp³-hybridized carbons (Fsp3) is 0.857. The third kappa shape index (κ3) is 1.95. The molecule has 1 aliphatic heterocycles. The molecule has 0 aromatic carbocycles. The van der Waals surface area contributed by atoms with Crippen LogP contribution in [-0.4, -0.2) is 25.8 Å². The summed E-state index contributed by atoms with van der Waals surface area (Å²) in [7, 11) is 3.91. The van der Waals surface area contributed by atoms with Crippen molar-refractivity contribution in [2.45, 2.75) is 19.4 Å². The molecule has 1 fully saturated rings. The van der Waals surface area contributed by atoms with E-state index in [1.54, 1.807) is 0 Å². The molecule has 54 valence electrons. The third-order valence-electron chi connectivity index (χ3n) is 1.74. The molecule has 1 aliphatic rings. The highest BCUT2D eigenvalue weighted by molar-refractivity contribution is 4.60. The second kappa shape index (κ2) is 3.18. The molecule has 0 amide bonds. The Morgan fingerprint density at radius 2 is 2.56 bits per heavy atom. The average molecular weight is 129 g/mol. The Hall–Kier alpha value is -0.0800. The summed E-state index contributed by atoms with van der Waals surface area (Å²) in [4.78, 5) is 1.36. The van der Waals surface area contributed by atoms with Gasteiger partial charge in [-0.1, -0.05) is 0 Å². The first-order valence-corrected chi connectivity index (χ1v) is 3.61. The Balaban J connectivity index is 2.14. The minimum Gasteiger partial charge on any atom is -0.466 e. The minimum absolute atomic E-state index is 0.488. The molecule has 1 saturated heterocycles. The van der Waals surface area contributed by atoms with Crippen molar-refractivity contribution in [3.8, 4) is 0 Å². The normalized spacial score (nSPS) is 35.3. The van der Waals surface area contributed by atoms with Crippen molar-refractivity contribution in [3.63, 3.8) is 0 Å². The summed E-state index contributed by atoms with van der Waals surface area (Å²) in [5, 5.41) is 0. The van der Waals surface area contributed by atoms with Crippen LogP contribution in [0.3, 0.4) is 0 Å². The lowest BCUT2D eigenvalue weighted by Crippen LogP contribution is -3.05. The summed E-state index contributed by atoms with van der Waals surface area (Å²) in [5.74, 6) is 0. The van der Waals surface area contributed by atoms with Crippen LogP contribution in [-0.2, 0) is 4.74 Å². The monoisotopic (exact) mass is 129 g/mol. The van der Waals surface area contributed by atoms with Crippen LogP contribution in [0.4, 0.5) is 0 Å². The van der Waals surface area contributed by atoms with Gasteiger partial charge in [-0.05, 0) is 6.92 Å². The lowest BCUT2D eigenvalue weighted by Gasteiger charge is -2.12. The number of hydrogen-bond donors (Lipinski definition) is 1. The van der Waals surface area contributed by atoms with E-state index >= 15 is 0 Å². The molecule has 2 nitrogen and oxygen atoms in total. The van der Waals surface area contributed by atoms with Gasteiger partial charge >= 0.3 is 0 Å². The maximum atomic E-state index is 5.41. The molecule has 0 saturated carbocycles. The smallest absolute Gasteiger partial charge is 0.109 e. The van der Waals surface area contributed by atoms with Gasteiger partial charge in [-0.2, -0.15) is 7.05 Å². The number of hydrogen-bond acceptors (Lipinski definition) is 1. The first-order chi connectivity index (χ1) is 4.33. The zero-order chi connectivity index (χ0) is 6.69. The topological polar surface area (TPSA) is 13.7 Å². The van der Waals surface area contributed by atoms with Gasteiger partial charge in [-0.3, -0.25) is 0 Å². The lowest BCUT2D eigenvalue weighted by molar-refractivity contribution is -0.841. The molecule has 0 aromatic rings. The quantitative estimate of drug-likeness (QED) is 0.495. The van der Waals surface area contributed by atoms with Gasteiger partial charge in [-0.15, -0.1) is 0 Å². The highest BCUT2D eigenvalue weighted by Gasteiger charge is 2.19.